The molecule has 3 rings (SSSR count). The highest BCUT2D eigenvalue weighted by Crippen LogP contribution is 2.19. The van der Waals surface area contributed by atoms with Crippen LogP contribution in [0.5, 0.6) is 0 Å². The summed E-state index contributed by atoms with van der Waals surface area (Å²) in [5.41, 5.74) is 0.677. The third-order valence-corrected chi connectivity index (χ3v) is 4.99. The van der Waals surface area contributed by atoms with Crippen LogP contribution in [0.15, 0.2) is 18.3 Å². The first-order valence-corrected chi connectivity index (χ1v) is 9.48. The number of carbonyl (C=O) groups excluding carboxylic acids is 1. The van der Waals surface area contributed by atoms with Gasteiger partial charge in [-0.2, -0.15) is 0 Å². The molecule has 0 atom stereocenters. The van der Waals surface area contributed by atoms with E-state index in [1.165, 1.54) is 0 Å². The van der Waals surface area contributed by atoms with Crippen molar-refractivity contribution in [1.29, 1.82) is 0 Å². The number of anilines is 1. The zero-order valence-corrected chi connectivity index (χ0v) is 15.4. The molecular formula is C19H30N4O2. The molecule has 0 spiro atoms. The lowest BCUT2D eigenvalue weighted by molar-refractivity contribution is 0.0351. The van der Waals surface area contributed by atoms with Crippen LogP contribution in [0.2, 0.25) is 0 Å². The molecule has 0 unspecified atom stereocenters. The maximum Gasteiger partial charge on any atom is 0.257 e. The largest absolute Gasteiger partial charge is 0.381 e. The number of nitrogens with one attached hydrogen (secondary N) is 1. The fourth-order valence-electron chi connectivity index (χ4n) is 3.69. The molecule has 0 saturated carbocycles. The Morgan fingerprint density at radius 3 is 2.80 bits per heavy atom. The monoisotopic (exact) mass is 346 g/mol. The van der Waals surface area contributed by atoms with Gasteiger partial charge in [-0.1, -0.05) is 0 Å². The Balaban J connectivity index is 1.65. The number of ether oxygens (including phenoxy) is 1. The lowest BCUT2D eigenvalue weighted by atomic mass is 10.1. The van der Waals surface area contributed by atoms with Crippen LogP contribution in [0.4, 0.5) is 5.82 Å². The number of rotatable bonds is 4. The first-order chi connectivity index (χ1) is 12.1. The molecule has 2 aliphatic heterocycles. The summed E-state index contributed by atoms with van der Waals surface area (Å²) < 4.78 is 5.48. The molecule has 0 aliphatic carbocycles. The predicted octanol–water partition coefficient (Wildman–Crippen LogP) is 2.23. The Bertz CT molecular complexity index is 572. The van der Waals surface area contributed by atoms with E-state index in [0.29, 0.717) is 17.4 Å². The van der Waals surface area contributed by atoms with E-state index in [-0.39, 0.29) is 11.9 Å². The number of hydrogen-bond donors (Lipinski definition) is 1. The highest BCUT2D eigenvalue weighted by molar-refractivity contribution is 5.98. The van der Waals surface area contributed by atoms with Crippen LogP contribution < -0.4 is 5.32 Å². The van der Waals surface area contributed by atoms with Gasteiger partial charge in [0.15, 0.2) is 0 Å². The minimum absolute atomic E-state index is 0.0880. The van der Waals surface area contributed by atoms with Gasteiger partial charge in [-0.25, -0.2) is 4.98 Å². The summed E-state index contributed by atoms with van der Waals surface area (Å²) in [7, 11) is 0. The Hall–Kier alpha value is -1.66. The van der Waals surface area contributed by atoms with Gasteiger partial charge in [0.25, 0.3) is 5.91 Å². The standard InChI is InChI=1S/C19H30N4O2/c1-15(2)21-18-17(5-3-8-20-18)19(24)23-10-4-9-22(11-12-23)16-6-13-25-14-7-16/h3,5,8,15-16H,4,6-7,9-14H2,1-2H3,(H,20,21). The molecule has 6 nitrogen and oxygen atoms in total. The second kappa shape index (κ2) is 8.63. The van der Waals surface area contributed by atoms with E-state index in [1.807, 2.05) is 17.0 Å². The second-order valence-electron chi connectivity index (χ2n) is 7.22. The molecule has 2 saturated heterocycles. The summed E-state index contributed by atoms with van der Waals surface area (Å²) in [5, 5.41) is 3.29. The van der Waals surface area contributed by atoms with E-state index in [0.717, 1.165) is 58.7 Å². The normalized spacial score (nSPS) is 20.5. The molecule has 0 bridgehead atoms. The van der Waals surface area contributed by atoms with E-state index in [9.17, 15) is 4.79 Å². The van der Waals surface area contributed by atoms with Crippen molar-refractivity contribution >= 4 is 11.7 Å². The quantitative estimate of drug-likeness (QED) is 0.906. The molecule has 2 fully saturated rings. The Labute approximate surface area is 150 Å². The maximum absolute atomic E-state index is 13.0. The summed E-state index contributed by atoms with van der Waals surface area (Å²) in [6.45, 7) is 9.46. The third kappa shape index (κ3) is 4.70. The Kier molecular flexibility index (Phi) is 6.26. The Morgan fingerprint density at radius 2 is 2.04 bits per heavy atom. The minimum Gasteiger partial charge on any atom is -0.381 e. The third-order valence-electron chi connectivity index (χ3n) is 4.99. The average molecular weight is 346 g/mol. The molecular weight excluding hydrogens is 316 g/mol. The van der Waals surface area contributed by atoms with Crippen molar-refractivity contribution in [2.24, 2.45) is 0 Å². The predicted molar refractivity (Wildman–Crippen MR) is 98.9 cm³/mol. The van der Waals surface area contributed by atoms with Gasteiger partial charge in [-0.15, -0.1) is 0 Å². The topological polar surface area (TPSA) is 57.7 Å². The van der Waals surface area contributed by atoms with Crippen LogP contribution in [-0.2, 0) is 4.74 Å². The summed E-state index contributed by atoms with van der Waals surface area (Å²) in [4.78, 5) is 21.9. The number of aromatic nitrogens is 1. The van der Waals surface area contributed by atoms with Crippen molar-refractivity contribution in [3.05, 3.63) is 23.9 Å². The van der Waals surface area contributed by atoms with E-state index in [1.54, 1.807) is 6.20 Å². The molecule has 1 amide bonds. The number of nitrogens with zero attached hydrogens (tertiary/aromatic N) is 3. The van der Waals surface area contributed by atoms with Crippen molar-refractivity contribution < 1.29 is 9.53 Å². The lowest BCUT2D eigenvalue weighted by Crippen LogP contribution is -2.42. The van der Waals surface area contributed by atoms with Crippen LogP contribution in [0, 0.1) is 0 Å². The number of carbonyl (C=O) groups is 1. The number of amides is 1. The number of pyridine rings is 1. The molecule has 0 aromatic carbocycles. The lowest BCUT2D eigenvalue weighted by Gasteiger charge is -2.33. The van der Waals surface area contributed by atoms with Crippen LogP contribution in [0.3, 0.4) is 0 Å². The molecule has 1 aromatic heterocycles. The van der Waals surface area contributed by atoms with Crippen molar-refractivity contribution in [1.82, 2.24) is 14.8 Å². The van der Waals surface area contributed by atoms with Gasteiger partial charge in [0.05, 0.1) is 5.56 Å². The van der Waals surface area contributed by atoms with Gasteiger partial charge in [-0.3, -0.25) is 9.69 Å². The molecule has 1 N–H and O–H groups in total. The second-order valence-corrected chi connectivity index (χ2v) is 7.22. The molecule has 3 heterocycles. The van der Waals surface area contributed by atoms with Crippen LogP contribution in [0.25, 0.3) is 0 Å². The van der Waals surface area contributed by atoms with Gasteiger partial charge in [0.2, 0.25) is 0 Å². The molecule has 138 valence electrons. The summed E-state index contributed by atoms with van der Waals surface area (Å²) in [6.07, 6.45) is 4.98. The highest BCUT2D eigenvalue weighted by atomic mass is 16.5. The molecule has 1 aromatic rings. The van der Waals surface area contributed by atoms with Crippen LogP contribution >= 0.6 is 0 Å². The van der Waals surface area contributed by atoms with Gasteiger partial charge in [-0.05, 0) is 45.2 Å². The minimum atomic E-state index is 0.0880. The first kappa shape index (κ1) is 18.1. The van der Waals surface area contributed by atoms with Crippen molar-refractivity contribution in [2.75, 3.05) is 44.7 Å². The molecule has 0 radical (unpaired) electrons. The van der Waals surface area contributed by atoms with Crippen molar-refractivity contribution in [2.45, 2.75) is 45.2 Å². The SMILES string of the molecule is CC(C)Nc1ncccc1C(=O)N1CCCN(C2CCOCC2)CC1. The Morgan fingerprint density at radius 1 is 1.24 bits per heavy atom. The fourth-order valence-corrected chi connectivity index (χ4v) is 3.69. The fraction of sp³-hybridized carbons (Fsp3) is 0.684. The smallest absolute Gasteiger partial charge is 0.257 e. The number of hydrogen-bond acceptors (Lipinski definition) is 5. The average Bonchev–Trinajstić information content (AvgIpc) is 2.88. The van der Waals surface area contributed by atoms with Gasteiger partial charge < -0.3 is 15.0 Å². The van der Waals surface area contributed by atoms with E-state index >= 15 is 0 Å². The summed E-state index contributed by atoms with van der Waals surface area (Å²) >= 11 is 0. The molecule has 6 heteroatoms. The highest BCUT2D eigenvalue weighted by Gasteiger charge is 2.27. The van der Waals surface area contributed by atoms with Crippen LogP contribution in [-0.4, -0.2) is 72.2 Å². The van der Waals surface area contributed by atoms with Crippen LogP contribution in [0.1, 0.15) is 43.5 Å². The van der Waals surface area contributed by atoms with E-state index in [2.05, 4.69) is 29.0 Å². The zero-order valence-electron chi connectivity index (χ0n) is 15.4. The molecule has 25 heavy (non-hydrogen) atoms. The van der Waals surface area contributed by atoms with Crippen molar-refractivity contribution in [3.8, 4) is 0 Å². The zero-order chi connectivity index (χ0) is 17.6. The molecule has 2 aliphatic rings. The summed E-state index contributed by atoms with van der Waals surface area (Å²) in [6, 6.07) is 4.57. The van der Waals surface area contributed by atoms with Crippen molar-refractivity contribution in [3.63, 3.8) is 0 Å². The van der Waals surface area contributed by atoms with E-state index in [4.69, 9.17) is 4.74 Å². The first-order valence-electron chi connectivity index (χ1n) is 9.48. The maximum atomic E-state index is 13.0. The van der Waals surface area contributed by atoms with E-state index < -0.39 is 0 Å². The van der Waals surface area contributed by atoms with Gasteiger partial charge in [0, 0.05) is 57.7 Å². The van der Waals surface area contributed by atoms with Gasteiger partial charge >= 0.3 is 0 Å². The summed E-state index contributed by atoms with van der Waals surface area (Å²) in [5.74, 6) is 0.776. The van der Waals surface area contributed by atoms with Gasteiger partial charge in [0.1, 0.15) is 5.82 Å².